The lowest BCUT2D eigenvalue weighted by atomic mass is 10.2. The molecule has 0 radical (unpaired) electrons. The SMILES string of the molecule is C/C=C/C=C/C(=O)O.CC1=C(C(=O)Nc2ccccc2)SCCO1.Oc1cccc2cccnc12.c1ccc2[nH]c(-c3cscn3)nc2c1. The second kappa shape index (κ2) is 19.2. The molecule has 0 bridgehead atoms. The topological polar surface area (TPSA) is 150 Å². The van der Waals surface area contributed by atoms with Gasteiger partial charge in [-0.05, 0) is 50.2 Å². The smallest absolute Gasteiger partial charge is 0.328 e. The minimum absolute atomic E-state index is 0.0894. The number of fused-ring (bicyclic) bond motifs is 2. The van der Waals surface area contributed by atoms with Crippen LogP contribution in [0.25, 0.3) is 33.5 Å². The Balaban J connectivity index is 0.000000152. The predicted molar refractivity (Wildman–Crippen MR) is 198 cm³/mol. The van der Waals surface area contributed by atoms with Crippen molar-refractivity contribution in [3.8, 4) is 17.3 Å². The number of pyridine rings is 1. The van der Waals surface area contributed by atoms with E-state index in [0.717, 1.165) is 45.5 Å². The number of carboxylic acids is 1. The molecule has 0 atom stereocenters. The number of anilines is 1. The van der Waals surface area contributed by atoms with Crippen LogP contribution in [0.5, 0.6) is 5.75 Å². The number of nitrogens with zero attached hydrogens (tertiary/aromatic N) is 3. The van der Waals surface area contributed by atoms with E-state index in [9.17, 15) is 14.7 Å². The number of carbonyl (C=O) groups is 2. The van der Waals surface area contributed by atoms with Crippen molar-refractivity contribution in [1.29, 1.82) is 0 Å². The maximum Gasteiger partial charge on any atom is 0.328 e. The molecule has 4 N–H and O–H groups in total. The maximum absolute atomic E-state index is 11.9. The van der Waals surface area contributed by atoms with Gasteiger partial charge in [0.2, 0.25) is 0 Å². The maximum atomic E-state index is 11.9. The zero-order valence-electron chi connectivity index (χ0n) is 26.8. The van der Waals surface area contributed by atoms with Crippen molar-refractivity contribution in [3.63, 3.8) is 0 Å². The molecule has 1 amide bonds. The Morgan fingerprint density at radius 2 is 1.73 bits per heavy atom. The molecule has 49 heavy (non-hydrogen) atoms. The van der Waals surface area contributed by atoms with Crippen LogP contribution in [0.15, 0.2) is 137 Å². The van der Waals surface area contributed by atoms with Gasteiger partial charge >= 0.3 is 5.97 Å². The van der Waals surface area contributed by atoms with Crippen LogP contribution in [-0.4, -0.2) is 54.4 Å². The average molecular weight is 694 g/mol. The quantitative estimate of drug-likeness (QED) is 0.103. The number of phenols is 1. The second-order valence-electron chi connectivity index (χ2n) is 9.95. The number of benzene rings is 3. The molecule has 6 aromatic rings. The first-order valence-electron chi connectivity index (χ1n) is 15.1. The van der Waals surface area contributed by atoms with E-state index in [2.05, 4.69) is 25.3 Å². The fraction of sp³-hybridized carbons (Fsp3) is 0.108. The number of aromatic nitrogens is 4. The molecule has 10 nitrogen and oxygen atoms in total. The number of amides is 1. The summed E-state index contributed by atoms with van der Waals surface area (Å²) in [7, 11) is 0. The van der Waals surface area contributed by atoms with Gasteiger partial charge in [0.1, 0.15) is 27.6 Å². The largest absolute Gasteiger partial charge is 0.506 e. The van der Waals surface area contributed by atoms with Crippen molar-refractivity contribution < 1.29 is 24.5 Å². The summed E-state index contributed by atoms with van der Waals surface area (Å²) in [5.74, 6) is 1.62. The number of nitrogens with one attached hydrogen (secondary N) is 2. The molecular formula is C37H35N5O5S2. The lowest BCUT2D eigenvalue weighted by Crippen LogP contribution is -2.18. The highest BCUT2D eigenvalue weighted by Crippen LogP contribution is 2.26. The lowest BCUT2D eigenvalue weighted by molar-refractivity contribution is -0.131. The minimum atomic E-state index is -0.914. The number of thioether (sulfide) groups is 1. The number of aromatic amines is 1. The second-order valence-corrected chi connectivity index (χ2v) is 11.8. The Morgan fingerprint density at radius 1 is 0.959 bits per heavy atom. The number of hydrogen-bond donors (Lipinski definition) is 4. The number of aliphatic carboxylic acids is 1. The lowest BCUT2D eigenvalue weighted by Gasteiger charge is -2.17. The monoisotopic (exact) mass is 693 g/mol. The van der Waals surface area contributed by atoms with E-state index in [4.69, 9.17) is 9.84 Å². The fourth-order valence-electron chi connectivity index (χ4n) is 4.18. The molecule has 0 unspecified atom stereocenters. The first kappa shape index (κ1) is 36.1. The number of rotatable bonds is 5. The molecule has 3 aromatic carbocycles. The van der Waals surface area contributed by atoms with E-state index in [-0.39, 0.29) is 11.7 Å². The average Bonchev–Trinajstić information content (AvgIpc) is 3.81. The molecule has 1 aliphatic heterocycles. The number of phenolic OH excluding ortho intramolecular Hbond substituents is 1. The number of ether oxygens (including phenoxy) is 1. The molecule has 7 rings (SSSR count). The summed E-state index contributed by atoms with van der Waals surface area (Å²) < 4.78 is 5.35. The minimum Gasteiger partial charge on any atom is -0.506 e. The highest BCUT2D eigenvalue weighted by Gasteiger charge is 2.18. The number of carboxylic acid groups (broad SMARTS) is 1. The number of thiazole rings is 1. The van der Waals surface area contributed by atoms with E-state index < -0.39 is 5.97 Å². The summed E-state index contributed by atoms with van der Waals surface area (Å²) >= 11 is 3.11. The Hall–Kier alpha value is -5.72. The Kier molecular flexibility index (Phi) is 14.1. The highest BCUT2D eigenvalue weighted by atomic mass is 32.2. The number of carbonyl (C=O) groups excluding carboxylic acids is 1. The third-order valence-electron chi connectivity index (χ3n) is 6.42. The van der Waals surface area contributed by atoms with Gasteiger partial charge in [0.15, 0.2) is 5.82 Å². The summed E-state index contributed by atoms with van der Waals surface area (Å²) in [6.45, 7) is 4.33. The van der Waals surface area contributed by atoms with Gasteiger partial charge in [0.25, 0.3) is 5.91 Å². The molecule has 250 valence electrons. The van der Waals surface area contributed by atoms with Gasteiger partial charge in [-0.2, -0.15) is 0 Å². The Morgan fingerprint density at radius 3 is 2.43 bits per heavy atom. The predicted octanol–water partition coefficient (Wildman–Crippen LogP) is 8.45. The van der Waals surface area contributed by atoms with Crippen molar-refractivity contribution in [2.24, 2.45) is 0 Å². The first-order chi connectivity index (χ1) is 23.9. The molecule has 3 aromatic heterocycles. The fourth-order valence-corrected chi connectivity index (χ4v) is 5.53. The van der Waals surface area contributed by atoms with Crippen molar-refractivity contribution in [2.75, 3.05) is 17.7 Å². The zero-order chi connectivity index (χ0) is 34.8. The summed E-state index contributed by atoms with van der Waals surface area (Å²) in [6, 6.07) is 26.5. The van der Waals surface area contributed by atoms with Gasteiger partial charge < -0.3 is 25.3 Å². The van der Waals surface area contributed by atoms with E-state index in [1.165, 1.54) is 6.08 Å². The molecule has 0 fully saturated rings. The summed E-state index contributed by atoms with van der Waals surface area (Å²) in [6.07, 6.45) is 7.65. The van der Waals surface area contributed by atoms with Gasteiger partial charge in [0, 0.05) is 34.5 Å². The van der Waals surface area contributed by atoms with Crippen molar-refractivity contribution >= 4 is 62.6 Å². The van der Waals surface area contributed by atoms with Crippen LogP contribution in [-0.2, 0) is 14.3 Å². The third kappa shape index (κ3) is 11.5. The van der Waals surface area contributed by atoms with Crippen LogP contribution < -0.4 is 5.32 Å². The number of imidazole rings is 1. The number of H-pyrrole nitrogens is 1. The van der Waals surface area contributed by atoms with E-state index >= 15 is 0 Å². The van der Waals surface area contributed by atoms with Gasteiger partial charge in [0.05, 0.1) is 23.2 Å². The molecule has 0 spiro atoms. The first-order valence-corrected chi connectivity index (χ1v) is 17.0. The van der Waals surface area contributed by atoms with Gasteiger partial charge in [-0.25, -0.2) is 14.8 Å². The highest BCUT2D eigenvalue weighted by molar-refractivity contribution is 8.04. The summed E-state index contributed by atoms with van der Waals surface area (Å²) in [4.78, 5) is 38.2. The van der Waals surface area contributed by atoms with Crippen molar-refractivity contribution in [2.45, 2.75) is 13.8 Å². The van der Waals surface area contributed by atoms with E-state index in [1.807, 2.05) is 97.5 Å². The van der Waals surface area contributed by atoms with E-state index in [1.54, 1.807) is 53.6 Å². The molecule has 0 aliphatic carbocycles. The number of allylic oxidation sites excluding steroid dienone is 4. The van der Waals surface area contributed by atoms with Crippen LogP contribution in [0.1, 0.15) is 13.8 Å². The standard InChI is InChI=1S/C12H13NO2S.C10H7N3S.C9H7NO.C6H8O2/c1-9-11(16-8-7-15-9)12(14)13-10-5-3-2-4-6-10;1-2-4-8-7(3-1)12-10(13-8)9-5-14-6-11-9;11-8-5-1-3-7-4-2-6-10-9(7)8;1-2-3-4-5-6(7)8/h2-6H,7-8H2,1H3,(H,13,14);1-6H,(H,12,13);1-6,11H;2-5H,1H3,(H,7,8)/b;;;3-2+,5-4+. The van der Waals surface area contributed by atoms with E-state index in [0.29, 0.717) is 22.8 Å². The van der Waals surface area contributed by atoms with Crippen LogP contribution in [0.4, 0.5) is 5.69 Å². The van der Waals surface area contributed by atoms with Crippen molar-refractivity contribution in [1.82, 2.24) is 19.9 Å². The number of para-hydroxylation sites is 4. The normalized spacial score (nSPS) is 12.3. The van der Waals surface area contributed by atoms with Crippen LogP contribution in [0.2, 0.25) is 0 Å². The molecule has 12 heteroatoms. The Labute approximate surface area is 291 Å². The summed E-state index contributed by atoms with van der Waals surface area (Å²) in [5.41, 5.74) is 6.22. The van der Waals surface area contributed by atoms with Crippen molar-refractivity contribution in [3.05, 3.63) is 137 Å². The van der Waals surface area contributed by atoms with Gasteiger partial charge in [-0.3, -0.25) is 9.78 Å². The zero-order valence-corrected chi connectivity index (χ0v) is 28.4. The van der Waals surface area contributed by atoms with Gasteiger partial charge in [-0.1, -0.05) is 66.8 Å². The van der Waals surface area contributed by atoms with Crippen LogP contribution >= 0.6 is 23.1 Å². The number of hydrogen-bond acceptors (Lipinski definition) is 9. The molecule has 4 heterocycles. The molecule has 0 saturated heterocycles. The van der Waals surface area contributed by atoms with Crippen LogP contribution in [0, 0.1) is 0 Å². The van der Waals surface area contributed by atoms with Crippen LogP contribution in [0.3, 0.4) is 0 Å². The Bertz CT molecular complexity index is 2000. The number of aromatic hydroxyl groups is 1. The molecular weight excluding hydrogens is 659 g/mol. The summed E-state index contributed by atoms with van der Waals surface area (Å²) in [5, 5.41) is 23.1. The molecule has 1 aliphatic rings. The third-order valence-corrected chi connectivity index (χ3v) is 8.14. The van der Waals surface area contributed by atoms with Gasteiger partial charge in [-0.15, -0.1) is 23.1 Å². The molecule has 0 saturated carbocycles.